The zero-order valence-electron chi connectivity index (χ0n) is 69.5. The molecule has 678 valence electrons. The van der Waals surface area contributed by atoms with E-state index in [0.717, 1.165) is 99.1 Å². The van der Waals surface area contributed by atoms with Gasteiger partial charge in [-0.3, -0.25) is 14.4 Å². The number of Topliss-reactive ketones (excluding diaryl/α,β-unsaturated/α-hetero) is 1. The number of aliphatic hydroxyl groups is 9. The number of allylic oxidation sites excluding steroid dienone is 10. The Bertz CT molecular complexity index is 4160. The van der Waals surface area contributed by atoms with Gasteiger partial charge in [0.2, 0.25) is 12.2 Å². The summed E-state index contributed by atoms with van der Waals surface area (Å²) < 4.78 is 44.6. The van der Waals surface area contributed by atoms with E-state index in [1.54, 1.807) is 26.0 Å². The van der Waals surface area contributed by atoms with Gasteiger partial charge in [0.25, 0.3) is 0 Å². The molecule has 4 aromatic rings. The van der Waals surface area contributed by atoms with Gasteiger partial charge in [-0.05, 0) is 194 Å². The summed E-state index contributed by atoms with van der Waals surface area (Å²) in [5.74, 6) is -10.3. The first-order chi connectivity index (χ1) is 58.1. The first-order valence-corrected chi connectivity index (χ1v) is 39.8. The number of aromatic hydroxyl groups is 8. The number of ether oxygens (including phenoxy) is 8. The van der Waals surface area contributed by atoms with Crippen molar-refractivity contribution in [2.75, 3.05) is 19.8 Å². The molecule has 3 aliphatic rings. The van der Waals surface area contributed by atoms with Crippen LogP contribution >= 0.6 is 0 Å². The monoisotopic (exact) mass is 1730 g/mol. The van der Waals surface area contributed by atoms with Crippen molar-refractivity contribution in [3.8, 4) is 46.0 Å². The number of carboxylic acids is 2. The minimum atomic E-state index is -2.40. The van der Waals surface area contributed by atoms with E-state index in [-0.39, 0.29) is 72.2 Å². The van der Waals surface area contributed by atoms with Gasteiger partial charge in [0.15, 0.2) is 70.5 Å². The van der Waals surface area contributed by atoms with E-state index in [9.17, 15) is 131 Å². The molecule has 4 aromatic carbocycles. The van der Waals surface area contributed by atoms with Crippen molar-refractivity contribution in [2.24, 2.45) is 11.8 Å². The molecule has 18 atom stereocenters. The normalized spacial score (nSPS) is 23.9. The largest absolute Gasteiger partial charge is 0.504 e. The Kier molecular flexibility index (Phi) is 45.4. The Morgan fingerprint density at radius 2 is 1.11 bits per heavy atom. The molecule has 0 radical (unpaired) electrons. The lowest BCUT2D eigenvalue weighted by atomic mass is 9.81. The third kappa shape index (κ3) is 37.1. The number of aryl methyl sites for hydroxylation is 1. The van der Waals surface area contributed by atoms with Crippen LogP contribution in [0.5, 0.6) is 46.0 Å². The van der Waals surface area contributed by atoms with Crippen molar-refractivity contribution < 1.29 is 168 Å². The van der Waals surface area contributed by atoms with Crippen molar-refractivity contribution in [3.05, 3.63) is 180 Å². The van der Waals surface area contributed by atoms with E-state index < -0.39 is 181 Å². The van der Waals surface area contributed by atoms with Gasteiger partial charge in [-0.25, -0.2) is 19.2 Å². The SMILES string of the molecule is C/C=C/C=C/C=C\CC/C=C/C(=O)CCC(C)C.C=CC(C)(O)CCCC/C=C(\C)CC(C)=O.CC1OC(OC2C(O)C(OCCc3ccc(O)c(O)c3)OC(COC3CC(CO)C(O)C(O)C3O)C2OC(=O)CCc2ccc(O)c(O)c2)C(O)C(O)C1O.O=C(/C=C/c1ccc(O)c(O)c1)OC(C(=O)O)C(OC(=O)/C=C/c1ccc(O)c(O)c1)C(=O)O. The van der Waals surface area contributed by atoms with Crippen molar-refractivity contribution in [1.82, 2.24) is 0 Å². The number of carbonyl (C=O) groups excluding carboxylic acids is 5. The first kappa shape index (κ1) is 105. The lowest BCUT2D eigenvalue weighted by molar-refractivity contribution is -0.359. The zero-order chi connectivity index (χ0) is 91.8. The molecule has 0 spiro atoms. The van der Waals surface area contributed by atoms with E-state index >= 15 is 0 Å². The summed E-state index contributed by atoms with van der Waals surface area (Å²) >= 11 is 0. The Morgan fingerprint density at radius 1 is 0.577 bits per heavy atom. The molecule has 123 heavy (non-hydrogen) atoms. The highest BCUT2D eigenvalue weighted by Gasteiger charge is 2.54. The Morgan fingerprint density at radius 3 is 1.62 bits per heavy atom. The number of hydrogen-bond donors (Lipinski definition) is 19. The van der Waals surface area contributed by atoms with Crippen LogP contribution in [0.2, 0.25) is 0 Å². The number of phenols is 8. The second kappa shape index (κ2) is 53.4. The molecule has 2 aliphatic heterocycles. The number of esters is 3. The summed E-state index contributed by atoms with van der Waals surface area (Å²) in [4.78, 5) is 82.6. The molecule has 7 rings (SSSR count). The Balaban J connectivity index is 0.000000394. The fourth-order valence-corrected chi connectivity index (χ4v) is 12.1. The summed E-state index contributed by atoms with van der Waals surface area (Å²) in [5, 5.41) is 189. The number of benzene rings is 4. The van der Waals surface area contributed by atoms with Crippen LogP contribution in [0.25, 0.3) is 12.2 Å². The lowest BCUT2D eigenvalue weighted by Gasteiger charge is -2.47. The number of hydrogen-bond acceptors (Lipinski definition) is 32. The number of aliphatic hydroxyl groups excluding tert-OH is 8. The molecule has 0 aromatic heterocycles. The molecule has 2 heterocycles. The van der Waals surface area contributed by atoms with Gasteiger partial charge in [-0.2, -0.15) is 0 Å². The van der Waals surface area contributed by atoms with Gasteiger partial charge >= 0.3 is 29.8 Å². The van der Waals surface area contributed by atoms with E-state index in [4.69, 9.17) is 28.4 Å². The highest BCUT2D eigenvalue weighted by Crippen LogP contribution is 2.36. The molecular formula is C89H118O34. The van der Waals surface area contributed by atoms with Gasteiger partial charge in [-0.15, -0.1) is 6.58 Å². The van der Waals surface area contributed by atoms with Crippen LogP contribution in [0.3, 0.4) is 0 Å². The van der Waals surface area contributed by atoms with Crippen LogP contribution in [0, 0.1) is 11.8 Å². The summed E-state index contributed by atoms with van der Waals surface area (Å²) in [6.07, 6.45) is 4.26. The first-order valence-electron chi connectivity index (χ1n) is 39.8. The molecule has 1 aliphatic carbocycles. The summed E-state index contributed by atoms with van der Waals surface area (Å²) in [6.45, 7) is 15.4. The van der Waals surface area contributed by atoms with Crippen LogP contribution in [0.1, 0.15) is 141 Å². The second-order valence-corrected chi connectivity index (χ2v) is 30.1. The number of carboxylic acid groups (broad SMARTS) is 2. The highest BCUT2D eigenvalue weighted by molar-refractivity contribution is 5.94. The summed E-state index contributed by atoms with van der Waals surface area (Å²) in [7, 11) is 0. The van der Waals surface area contributed by atoms with Gasteiger partial charge in [0.05, 0.1) is 37.1 Å². The smallest absolute Gasteiger partial charge is 0.349 e. The Hall–Kier alpha value is -10.7. The number of unbranched alkanes of at least 4 members (excludes halogenated alkanes) is 3. The van der Waals surface area contributed by atoms with E-state index in [2.05, 4.69) is 42.1 Å². The van der Waals surface area contributed by atoms with Crippen molar-refractivity contribution >= 4 is 53.6 Å². The standard InChI is InChI=1S/C36H50O19.C22H18O12.C17H26O.C14H24O2/c1-15-26(43)29(46)31(48)36(52-15)55-34-32(49)35(50-9-8-17-3-6-20(39)22(41)11-17)53-24(14-51-23-12-18(13-37)27(44)30(47)28(23)45)33(34)54-25(42)7-4-16-2-5-19(38)21(40)10-16;23-13-5-1-11(9-15(13)25)3-7-17(27)33-19(21(29)30)20(22(31)32)34-18(28)8-4-12-2-6-14(24)16(26)10-12;1-4-5-6-7-8-9-10-11-12-13-17(18)15-14-16(2)3;1-5-14(4,16)10-8-6-7-9-12(2)11-13(3)15/h2-3,5-6,10-11,15,18,23-24,26-41,43-49H,4,7-9,12-14H2,1H3;1-10,19-20,23-26H,(H,29,30)(H,31,32);4-9,12-13,16H,10-11,14-15H2,1-3H3;5,9,16H,1,6-8,10-11H2,2-4H3/b;7-3+,8-4+;5-4+,7-6+,9-8-,13-12+;12-9+. The molecule has 18 unspecified atom stereocenters. The second-order valence-electron chi connectivity index (χ2n) is 30.1. The van der Waals surface area contributed by atoms with Gasteiger partial charge in [0.1, 0.15) is 54.6 Å². The maximum absolute atomic E-state index is 13.4. The molecular weight excluding hydrogens is 1610 g/mol. The average Bonchev–Trinajstić information content (AvgIpc) is 0.775. The molecule has 0 amide bonds. The molecule has 0 bridgehead atoms. The highest BCUT2D eigenvalue weighted by atomic mass is 16.7. The van der Waals surface area contributed by atoms with E-state index in [0.29, 0.717) is 29.9 Å². The lowest BCUT2D eigenvalue weighted by Crippen LogP contribution is -2.65. The molecule has 34 heteroatoms. The Labute approximate surface area is 712 Å². The molecule has 2 saturated heterocycles. The molecule has 34 nitrogen and oxygen atoms in total. The van der Waals surface area contributed by atoms with Crippen LogP contribution in [-0.2, 0) is 84.3 Å². The minimum Gasteiger partial charge on any atom is -0.504 e. The predicted octanol–water partition coefficient (Wildman–Crippen LogP) is 7.05. The topological polar surface area (TPSA) is 578 Å². The maximum Gasteiger partial charge on any atom is 0.349 e. The van der Waals surface area contributed by atoms with Crippen molar-refractivity contribution in [1.29, 1.82) is 0 Å². The summed E-state index contributed by atoms with van der Waals surface area (Å²) in [6, 6.07) is 15.1. The average molecular weight is 1730 g/mol. The van der Waals surface area contributed by atoms with E-state index in [1.165, 1.54) is 55.5 Å². The predicted molar refractivity (Wildman–Crippen MR) is 444 cm³/mol. The van der Waals surface area contributed by atoms with Gasteiger partial charge in [0, 0.05) is 43.9 Å². The van der Waals surface area contributed by atoms with E-state index in [1.807, 2.05) is 50.3 Å². The molecule has 19 N–H and O–H groups in total. The maximum atomic E-state index is 13.4. The van der Waals surface area contributed by atoms with Gasteiger partial charge < -0.3 is 135 Å². The molecule has 1 saturated carbocycles. The number of phenolic OH excluding ortho intramolecular Hbond substituents is 8. The quantitative estimate of drug-likeness (QED) is 0.00403. The minimum absolute atomic E-state index is 0.0249. The fourth-order valence-electron chi connectivity index (χ4n) is 12.1. The van der Waals surface area contributed by atoms with Crippen LogP contribution in [0.4, 0.5) is 0 Å². The third-order valence-electron chi connectivity index (χ3n) is 19.3. The van der Waals surface area contributed by atoms with Crippen LogP contribution in [-0.4, -0.2) is 262 Å². The zero-order valence-corrected chi connectivity index (χ0v) is 69.5. The third-order valence-corrected chi connectivity index (χ3v) is 19.3. The van der Waals surface area contributed by atoms with Crippen LogP contribution < -0.4 is 0 Å². The van der Waals surface area contributed by atoms with Crippen molar-refractivity contribution in [3.63, 3.8) is 0 Å². The van der Waals surface area contributed by atoms with Gasteiger partial charge in [-0.1, -0.05) is 98.4 Å². The van der Waals surface area contributed by atoms with Crippen LogP contribution in [0.15, 0.2) is 158 Å². The van der Waals surface area contributed by atoms with Crippen molar-refractivity contribution in [2.45, 2.75) is 236 Å². The number of aliphatic carboxylic acids is 2. The fraction of sp³-hybridized carbons (Fsp3) is 0.472. The number of rotatable bonds is 40. The number of carbonyl (C=O) groups is 7. The molecule has 3 fully saturated rings. The summed E-state index contributed by atoms with van der Waals surface area (Å²) in [5.41, 5.74) is 1.85. The number of ketones is 2.